The number of rotatable bonds is 10. The van der Waals surface area contributed by atoms with E-state index < -0.39 is 0 Å². The van der Waals surface area contributed by atoms with Crippen LogP contribution in [0.15, 0.2) is 71.1 Å². The van der Waals surface area contributed by atoms with E-state index in [1.165, 1.54) is 5.56 Å². The van der Waals surface area contributed by atoms with Crippen molar-refractivity contribution in [2.75, 3.05) is 26.7 Å². The fourth-order valence-corrected chi connectivity index (χ4v) is 2.99. The summed E-state index contributed by atoms with van der Waals surface area (Å²) >= 11 is 0. The number of hydrogen-bond donors (Lipinski definition) is 1. The van der Waals surface area contributed by atoms with Crippen molar-refractivity contribution in [3.63, 3.8) is 0 Å². The maximum atomic E-state index is 12.9. The lowest BCUT2D eigenvalue weighted by Crippen LogP contribution is -2.36. The molecule has 1 amide bonds. The molecule has 0 spiro atoms. The number of benzene rings is 2. The smallest absolute Gasteiger partial charge is 0.289 e. The zero-order chi connectivity index (χ0) is 20.5. The summed E-state index contributed by atoms with van der Waals surface area (Å²) < 4.78 is 16.7. The van der Waals surface area contributed by atoms with Gasteiger partial charge in [-0.3, -0.25) is 4.79 Å². The fourth-order valence-electron chi connectivity index (χ4n) is 2.99. The van der Waals surface area contributed by atoms with Crippen molar-refractivity contribution in [1.29, 1.82) is 0 Å². The summed E-state index contributed by atoms with van der Waals surface area (Å²) in [5.74, 6) is 1.94. The van der Waals surface area contributed by atoms with Gasteiger partial charge in [0.2, 0.25) is 0 Å². The number of furan rings is 1. The van der Waals surface area contributed by atoms with Gasteiger partial charge in [-0.2, -0.15) is 0 Å². The van der Waals surface area contributed by atoms with Gasteiger partial charge in [-0.25, -0.2) is 0 Å². The van der Waals surface area contributed by atoms with Crippen LogP contribution in [0, 0.1) is 0 Å². The average Bonchev–Trinajstić information content (AvgIpc) is 3.24. The molecule has 152 valence electrons. The first-order chi connectivity index (χ1) is 14.2. The van der Waals surface area contributed by atoms with Crippen LogP contribution < -0.4 is 15.2 Å². The number of carbonyl (C=O) groups excluding carboxylic acids is 1. The number of nitrogens with zero attached hydrogens (tertiary/aromatic N) is 1. The highest BCUT2D eigenvalue weighted by Gasteiger charge is 2.19. The number of hydrogen-bond acceptors (Lipinski definition) is 5. The van der Waals surface area contributed by atoms with E-state index in [0.717, 1.165) is 6.42 Å². The molecule has 3 rings (SSSR count). The van der Waals surface area contributed by atoms with Crippen LogP contribution in [0.5, 0.6) is 11.5 Å². The fraction of sp³-hybridized carbons (Fsp3) is 0.261. The van der Waals surface area contributed by atoms with Crippen molar-refractivity contribution < 1.29 is 18.7 Å². The highest BCUT2D eigenvalue weighted by Crippen LogP contribution is 2.27. The molecule has 2 aromatic carbocycles. The van der Waals surface area contributed by atoms with Gasteiger partial charge in [0.05, 0.1) is 7.11 Å². The molecular weight excluding hydrogens is 368 g/mol. The van der Waals surface area contributed by atoms with Crippen molar-refractivity contribution in [2.24, 2.45) is 5.73 Å². The third-order valence-corrected chi connectivity index (χ3v) is 4.51. The Morgan fingerprint density at radius 2 is 1.69 bits per heavy atom. The first-order valence-electron chi connectivity index (χ1n) is 9.59. The normalized spacial score (nSPS) is 10.6. The molecule has 0 saturated heterocycles. The summed E-state index contributed by atoms with van der Waals surface area (Å²) in [5.41, 5.74) is 6.88. The third kappa shape index (κ3) is 5.62. The number of ether oxygens (including phenoxy) is 2. The van der Waals surface area contributed by atoms with Crippen molar-refractivity contribution in [1.82, 2.24) is 4.90 Å². The largest absolute Gasteiger partial charge is 0.493 e. The highest BCUT2D eigenvalue weighted by atomic mass is 16.5. The number of methoxy groups -OCH3 is 1. The maximum absolute atomic E-state index is 12.9. The number of carbonyl (C=O) groups is 1. The van der Waals surface area contributed by atoms with Crippen LogP contribution in [0.25, 0.3) is 0 Å². The lowest BCUT2D eigenvalue weighted by atomic mass is 10.1. The van der Waals surface area contributed by atoms with Crippen molar-refractivity contribution in [3.8, 4) is 11.5 Å². The molecule has 0 aliphatic heterocycles. The van der Waals surface area contributed by atoms with E-state index in [1.54, 1.807) is 24.1 Å². The van der Waals surface area contributed by atoms with Gasteiger partial charge in [0.1, 0.15) is 12.4 Å². The minimum absolute atomic E-state index is 0.171. The molecule has 29 heavy (non-hydrogen) atoms. The molecule has 1 heterocycles. The zero-order valence-electron chi connectivity index (χ0n) is 16.5. The molecule has 6 heteroatoms. The Bertz CT molecular complexity index is 908. The molecule has 2 N–H and O–H groups in total. The molecule has 0 radical (unpaired) electrons. The summed E-state index contributed by atoms with van der Waals surface area (Å²) in [7, 11) is 1.59. The van der Waals surface area contributed by atoms with Crippen molar-refractivity contribution >= 4 is 5.91 Å². The Labute approximate surface area is 170 Å². The predicted octanol–water partition coefficient (Wildman–Crippen LogP) is 3.51. The molecule has 3 aromatic rings. The van der Waals surface area contributed by atoms with Crippen LogP contribution >= 0.6 is 0 Å². The topological polar surface area (TPSA) is 77.9 Å². The van der Waals surface area contributed by atoms with Gasteiger partial charge in [-0.15, -0.1) is 0 Å². The second kappa shape index (κ2) is 10.3. The van der Waals surface area contributed by atoms with Gasteiger partial charge in [0.15, 0.2) is 17.3 Å². The molecule has 0 atom stereocenters. The van der Waals surface area contributed by atoms with E-state index in [0.29, 0.717) is 36.9 Å². The van der Waals surface area contributed by atoms with Gasteiger partial charge >= 0.3 is 0 Å². The minimum atomic E-state index is -0.171. The monoisotopic (exact) mass is 394 g/mol. The average molecular weight is 394 g/mol. The van der Waals surface area contributed by atoms with Gasteiger partial charge in [0.25, 0.3) is 5.91 Å². The minimum Gasteiger partial charge on any atom is -0.493 e. The summed E-state index contributed by atoms with van der Waals surface area (Å²) in [6.07, 6.45) is 0.761. The molecule has 0 fully saturated rings. The first-order valence-corrected chi connectivity index (χ1v) is 9.59. The Morgan fingerprint density at radius 3 is 2.41 bits per heavy atom. The molecule has 0 aliphatic carbocycles. The molecule has 0 bridgehead atoms. The molecular formula is C23H26N2O4. The van der Waals surface area contributed by atoms with Crippen LogP contribution in [0.2, 0.25) is 0 Å². The SMILES string of the molecule is COc1ccccc1OCc1ccc(C(=O)N(CCN)CCc2ccccc2)o1. The van der Waals surface area contributed by atoms with E-state index in [-0.39, 0.29) is 18.3 Å². The summed E-state index contributed by atoms with van der Waals surface area (Å²) in [6, 6.07) is 20.9. The van der Waals surface area contributed by atoms with Crippen LogP contribution in [-0.4, -0.2) is 37.6 Å². The Morgan fingerprint density at radius 1 is 0.966 bits per heavy atom. The van der Waals surface area contributed by atoms with Crippen LogP contribution in [0.1, 0.15) is 21.9 Å². The standard InChI is InChI=1S/C23H26N2O4/c1-27-20-9-5-6-10-21(20)28-17-19-11-12-22(29-19)23(26)25(16-14-24)15-13-18-7-3-2-4-8-18/h2-12H,13-17,24H2,1H3. The van der Waals surface area contributed by atoms with Gasteiger partial charge < -0.3 is 24.5 Å². The van der Waals surface area contributed by atoms with Crippen molar-refractivity contribution in [2.45, 2.75) is 13.0 Å². The molecule has 0 unspecified atom stereocenters. The van der Waals surface area contributed by atoms with Gasteiger partial charge in [-0.1, -0.05) is 42.5 Å². The molecule has 6 nitrogen and oxygen atoms in total. The van der Waals surface area contributed by atoms with E-state index >= 15 is 0 Å². The number of para-hydroxylation sites is 2. The van der Waals surface area contributed by atoms with E-state index in [9.17, 15) is 4.79 Å². The summed E-state index contributed by atoms with van der Waals surface area (Å²) in [6.45, 7) is 1.65. The molecule has 0 saturated carbocycles. The van der Waals surface area contributed by atoms with E-state index in [2.05, 4.69) is 0 Å². The zero-order valence-corrected chi connectivity index (χ0v) is 16.5. The third-order valence-electron chi connectivity index (χ3n) is 4.51. The lowest BCUT2D eigenvalue weighted by Gasteiger charge is -2.21. The number of amides is 1. The van der Waals surface area contributed by atoms with E-state index in [1.807, 2.05) is 54.6 Å². The van der Waals surface area contributed by atoms with Crippen LogP contribution in [0.3, 0.4) is 0 Å². The number of nitrogens with two attached hydrogens (primary N) is 1. The Kier molecular flexibility index (Phi) is 7.30. The Balaban J connectivity index is 1.61. The lowest BCUT2D eigenvalue weighted by molar-refractivity contribution is 0.0726. The van der Waals surface area contributed by atoms with Crippen LogP contribution in [0.4, 0.5) is 0 Å². The molecule has 0 aliphatic rings. The van der Waals surface area contributed by atoms with Crippen LogP contribution in [-0.2, 0) is 13.0 Å². The van der Waals surface area contributed by atoms with Gasteiger partial charge in [-0.05, 0) is 36.2 Å². The predicted molar refractivity (Wildman–Crippen MR) is 111 cm³/mol. The Hall–Kier alpha value is -3.25. The maximum Gasteiger partial charge on any atom is 0.289 e. The first kappa shape index (κ1) is 20.5. The summed E-state index contributed by atoms with van der Waals surface area (Å²) in [4.78, 5) is 14.6. The molecule has 1 aromatic heterocycles. The van der Waals surface area contributed by atoms with Crippen molar-refractivity contribution in [3.05, 3.63) is 83.8 Å². The second-order valence-corrected chi connectivity index (χ2v) is 6.52. The highest BCUT2D eigenvalue weighted by molar-refractivity contribution is 5.91. The summed E-state index contributed by atoms with van der Waals surface area (Å²) in [5, 5.41) is 0. The quantitative estimate of drug-likeness (QED) is 0.569. The van der Waals surface area contributed by atoms with Gasteiger partial charge in [0, 0.05) is 19.6 Å². The van der Waals surface area contributed by atoms with E-state index in [4.69, 9.17) is 19.6 Å². The second-order valence-electron chi connectivity index (χ2n) is 6.52.